The molecule has 132 valence electrons. The van der Waals surface area contributed by atoms with E-state index >= 15 is 0 Å². The summed E-state index contributed by atoms with van der Waals surface area (Å²) in [4.78, 5) is 20.5. The summed E-state index contributed by atoms with van der Waals surface area (Å²) in [6.07, 6.45) is 4.28. The highest BCUT2D eigenvalue weighted by Crippen LogP contribution is 2.12. The normalized spacial score (nSPS) is 16.4. The molecule has 1 aliphatic rings. The molecule has 1 aromatic heterocycles. The van der Waals surface area contributed by atoms with Crippen molar-refractivity contribution in [2.45, 2.75) is 13.0 Å². The van der Waals surface area contributed by atoms with E-state index in [1.165, 1.54) is 6.07 Å². The fraction of sp³-hybridized carbons (Fsp3) is 0.368. The van der Waals surface area contributed by atoms with Gasteiger partial charge in [0.1, 0.15) is 5.82 Å². The molecule has 2 aromatic rings. The molecular formula is C19H23FN4O. The van der Waals surface area contributed by atoms with Crippen molar-refractivity contribution in [1.82, 2.24) is 14.8 Å². The van der Waals surface area contributed by atoms with Crippen LogP contribution < -0.4 is 5.32 Å². The molecule has 6 heteroatoms. The Morgan fingerprint density at radius 2 is 1.76 bits per heavy atom. The summed E-state index contributed by atoms with van der Waals surface area (Å²) in [5.41, 5.74) is 1.49. The van der Waals surface area contributed by atoms with E-state index in [1.54, 1.807) is 30.6 Å². The Morgan fingerprint density at radius 3 is 2.56 bits per heavy atom. The molecule has 0 atom stereocenters. The topological polar surface area (TPSA) is 48.5 Å². The van der Waals surface area contributed by atoms with Crippen LogP contribution >= 0.6 is 0 Å². The number of amides is 1. The lowest BCUT2D eigenvalue weighted by Crippen LogP contribution is -2.36. The molecule has 0 unspecified atom stereocenters. The molecule has 1 fully saturated rings. The first-order chi connectivity index (χ1) is 12.2. The number of nitrogens with zero attached hydrogens (tertiary/aromatic N) is 3. The number of pyridine rings is 1. The molecule has 0 saturated carbocycles. The fourth-order valence-corrected chi connectivity index (χ4v) is 3.05. The van der Waals surface area contributed by atoms with Crippen LogP contribution in [0, 0.1) is 5.82 Å². The van der Waals surface area contributed by atoms with E-state index in [0.717, 1.165) is 43.9 Å². The summed E-state index contributed by atoms with van der Waals surface area (Å²) in [5.74, 6) is -0.172. The van der Waals surface area contributed by atoms with Crippen LogP contribution in [0.4, 0.5) is 10.1 Å². The quantitative estimate of drug-likeness (QED) is 0.906. The second-order valence-electron chi connectivity index (χ2n) is 6.28. The molecule has 0 spiro atoms. The molecule has 2 heterocycles. The lowest BCUT2D eigenvalue weighted by atomic mass is 10.2. The monoisotopic (exact) mass is 342 g/mol. The maximum atomic E-state index is 13.8. The molecule has 0 aliphatic carbocycles. The molecule has 1 N–H and O–H groups in total. The van der Waals surface area contributed by atoms with Gasteiger partial charge in [0.2, 0.25) is 5.91 Å². The minimum absolute atomic E-state index is 0.0197. The predicted octanol–water partition coefficient (Wildman–Crippen LogP) is 2.37. The van der Waals surface area contributed by atoms with Gasteiger partial charge in [-0.2, -0.15) is 0 Å². The van der Waals surface area contributed by atoms with Gasteiger partial charge in [-0.05, 0) is 37.7 Å². The SMILES string of the molecule is O=C(CN1CCCN(Cc2ccccc2F)CC1)Nc1ccncc1. The summed E-state index contributed by atoms with van der Waals surface area (Å²) < 4.78 is 13.8. The van der Waals surface area contributed by atoms with Crippen LogP contribution in [-0.4, -0.2) is 53.4 Å². The van der Waals surface area contributed by atoms with Crippen LogP contribution in [0.3, 0.4) is 0 Å². The Hall–Kier alpha value is -2.31. The number of benzene rings is 1. The van der Waals surface area contributed by atoms with Crippen molar-refractivity contribution in [3.05, 3.63) is 60.2 Å². The molecular weight excluding hydrogens is 319 g/mol. The second kappa shape index (κ2) is 8.69. The lowest BCUT2D eigenvalue weighted by Gasteiger charge is -2.21. The third-order valence-corrected chi connectivity index (χ3v) is 4.36. The van der Waals surface area contributed by atoms with Crippen molar-refractivity contribution in [1.29, 1.82) is 0 Å². The van der Waals surface area contributed by atoms with Crippen LogP contribution in [-0.2, 0) is 11.3 Å². The minimum atomic E-state index is -0.152. The van der Waals surface area contributed by atoms with E-state index in [0.29, 0.717) is 13.1 Å². The smallest absolute Gasteiger partial charge is 0.238 e. The number of carbonyl (C=O) groups excluding carboxylic acids is 1. The number of aromatic nitrogens is 1. The summed E-state index contributed by atoms with van der Waals surface area (Å²) in [6, 6.07) is 10.5. The highest BCUT2D eigenvalue weighted by molar-refractivity contribution is 5.92. The summed E-state index contributed by atoms with van der Waals surface area (Å²) in [7, 11) is 0. The molecule has 25 heavy (non-hydrogen) atoms. The average molecular weight is 342 g/mol. The Labute approximate surface area is 147 Å². The van der Waals surface area contributed by atoms with Crippen molar-refractivity contribution in [2.24, 2.45) is 0 Å². The number of rotatable bonds is 5. The Balaban J connectivity index is 1.48. The van der Waals surface area contributed by atoms with Gasteiger partial charge in [-0.15, -0.1) is 0 Å². The van der Waals surface area contributed by atoms with Gasteiger partial charge in [0, 0.05) is 43.3 Å². The predicted molar refractivity (Wildman–Crippen MR) is 95.6 cm³/mol. The van der Waals surface area contributed by atoms with E-state index in [9.17, 15) is 9.18 Å². The van der Waals surface area contributed by atoms with Crippen molar-refractivity contribution in [2.75, 3.05) is 38.0 Å². The Morgan fingerprint density at radius 1 is 1.04 bits per heavy atom. The summed E-state index contributed by atoms with van der Waals surface area (Å²) >= 11 is 0. The van der Waals surface area contributed by atoms with Gasteiger partial charge in [0.15, 0.2) is 0 Å². The Kier molecular flexibility index (Phi) is 6.09. The highest BCUT2D eigenvalue weighted by Gasteiger charge is 2.18. The van der Waals surface area contributed by atoms with Gasteiger partial charge < -0.3 is 5.32 Å². The zero-order chi connectivity index (χ0) is 17.5. The van der Waals surface area contributed by atoms with Gasteiger partial charge in [-0.3, -0.25) is 19.6 Å². The molecule has 0 radical (unpaired) electrons. The first-order valence-corrected chi connectivity index (χ1v) is 8.59. The maximum absolute atomic E-state index is 13.8. The lowest BCUT2D eigenvalue weighted by molar-refractivity contribution is -0.117. The molecule has 1 aliphatic heterocycles. The van der Waals surface area contributed by atoms with E-state index in [4.69, 9.17) is 0 Å². The molecule has 0 bridgehead atoms. The summed E-state index contributed by atoms with van der Waals surface area (Å²) in [6.45, 7) is 4.41. The van der Waals surface area contributed by atoms with Gasteiger partial charge >= 0.3 is 0 Å². The maximum Gasteiger partial charge on any atom is 0.238 e. The molecule has 1 saturated heterocycles. The van der Waals surface area contributed by atoms with Crippen molar-refractivity contribution >= 4 is 11.6 Å². The molecule has 3 rings (SSSR count). The van der Waals surface area contributed by atoms with Crippen LogP contribution in [0.1, 0.15) is 12.0 Å². The summed E-state index contributed by atoms with van der Waals surface area (Å²) in [5, 5.41) is 2.88. The van der Waals surface area contributed by atoms with Gasteiger partial charge in [-0.25, -0.2) is 4.39 Å². The van der Waals surface area contributed by atoms with E-state index in [1.807, 2.05) is 12.1 Å². The standard InChI is InChI=1S/C19H23FN4O/c20-18-5-2-1-4-16(18)14-23-10-3-11-24(13-12-23)15-19(25)22-17-6-8-21-9-7-17/h1-2,4-9H,3,10-15H2,(H,21,22,25). The highest BCUT2D eigenvalue weighted by atomic mass is 19.1. The zero-order valence-electron chi connectivity index (χ0n) is 14.2. The molecule has 1 aromatic carbocycles. The Bertz CT molecular complexity index is 695. The van der Waals surface area contributed by atoms with Crippen molar-refractivity contribution in [3.8, 4) is 0 Å². The van der Waals surface area contributed by atoms with Gasteiger partial charge in [-0.1, -0.05) is 18.2 Å². The van der Waals surface area contributed by atoms with Crippen LogP contribution in [0.25, 0.3) is 0 Å². The first-order valence-electron chi connectivity index (χ1n) is 8.59. The molecule has 1 amide bonds. The van der Waals surface area contributed by atoms with E-state index < -0.39 is 0 Å². The largest absolute Gasteiger partial charge is 0.325 e. The number of nitrogens with one attached hydrogen (secondary N) is 1. The molecule has 5 nitrogen and oxygen atoms in total. The van der Waals surface area contributed by atoms with Crippen LogP contribution in [0.5, 0.6) is 0 Å². The van der Waals surface area contributed by atoms with Crippen LogP contribution in [0.2, 0.25) is 0 Å². The number of halogens is 1. The zero-order valence-corrected chi connectivity index (χ0v) is 14.2. The fourth-order valence-electron chi connectivity index (χ4n) is 3.05. The number of carbonyl (C=O) groups is 1. The number of hydrogen-bond acceptors (Lipinski definition) is 4. The number of hydrogen-bond donors (Lipinski definition) is 1. The van der Waals surface area contributed by atoms with Crippen molar-refractivity contribution < 1.29 is 9.18 Å². The first kappa shape index (κ1) is 17.5. The number of anilines is 1. The van der Waals surface area contributed by atoms with Gasteiger partial charge in [0.05, 0.1) is 6.54 Å². The van der Waals surface area contributed by atoms with Gasteiger partial charge in [0.25, 0.3) is 0 Å². The van der Waals surface area contributed by atoms with E-state index in [2.05, 4.69) is 20.1 Å². The third kappa shape index (κ3) is 5.34. The minimum Gasteiger partial charge on any atom is -0.325 e. The second-order valence-corrected chi connectivity index (χ2v) is 6.28. The van der Waals surface area contributed by atoms with E-state index in [-0.39, 0.29) is 11.7 Å². The van der Waals surface area contributed by atoms with Crippen molar-refractivity contribution in [3.63, 3.8) is 0 Å². The van der Waals surface area contributed by atoms with Crippen LogP contribution in [0.15, 0.2) is 48.8 Å². The average Bonchev–Trinajstić information content (AvgIpc) is 2.83. The third-order valence-electron chi connectivity index (χ3n) is 4.36.